The lowest BCUT2D eigenvalue weighted by Crippen LogP contribution is -2.43. The third-order valence-corrected chi connectivity index (χ3v) is 6.61. The summed E-state index contributed by atoms with van der Waals surface area (Å²) in [6.07, 6.45) is -0.757. The summed E-state index contributed by atoms with van der Waals surface area (Å²) in [6.45, 7) is 4.89. The van der Waals surface area contributed by atoms with Crippen LogP contribution in [0.2, 0.25) is 0 Å². The topological polar surface area (TPSA) is 91.0 Å². The van der Waals surface area contributed by atoms with Crippen molar-refractivity contribution in [3.63, 3.8) is 0 Å². The molecule has 0 aromatic heterocycles. The second-order valence-corrected chi connectivity index (χ2v) is 9.52. The number of rotatable bonds is 8. The van der Waals surface area contributed by atoms with Gasteiger partial charge in [0.25, 0.3) is 11.8 Å². The van der Waals surface area contributed by atoms with Crippen LogP contribution in [0.4, 0.5) is 11.4 Å². The van der Waals surface area contributed by atoms with Gasteiger partial charge in [0.05, 0.1) is 23.8 Å². The van der Waals surface area contributed by atoms with Gasteiger partial charge in [-0.05, 0) is 56.8 Å². The molecule has 3 amide bonds. The zero-order valence-electron chi connectivity index (χ0n) is 22.2. The maximum absolute atomic E-state index is 14.0. The highest BCUT2D eigenvalue weighted by atomic mass is 16.5. The van der Waals surface area contributed by atoms with Crippen molar-refractivity contribution in [2.75, 3.05) is 37.4 Å². The molecule has 0 saturated heterocycles. The number of hydrogen-bond donors (Lipinski definition) is 2. The van der Waals surface area contributed by atoms with E-state index in [9.17, 15) is 14.4 Å². The molecule has 2 N–H and O–H groups in total. The Bertz CT molecular complexity index is 1290. The average Bonchev–Trinajstić information content (AvgIpc) is 3.06. The Balaban J connectivity index is 1.75. The predicted octanol–water partition coefficient (Wildman–Crippen LogP) is 4.17. The molecule has 8 nitrogen and oxygen atoms in total. The van der Waals surface area contributed by atoms with Crippen LogP contribution in [0.5, 0.6) is 5.75 Å². The summed E-state index contributed by atoms with van der Waals surface area (Å²) >= 11 is 0. The summed E-state index contributed by atoms with van der Waals surface area (Å²) in [7, 11) is 3.56. The van der Waals surface area contributed by atoms with E-state index in [0.29, 0.717) is 35.8 Å². The Kier molecular flexibility index (Phi) is 8.43. The molecule has 1 heterocycles. The maximum Gasteiger partial charge on any atom is 0.268 e. The van der Waals surface area contributed by atoms with E-state index in [4.69, 9.17) is 4.74 Å². The molecule has 0 bridgehead atoms. The number of ether oxygens (including phenoxy) is 1. The van der Waals surface area contributed by atoms with Gasteiger partial charge in [-0.2, -0.15) is 0 Å². The Morgan fingerprint density at radius 1 is 1.11 bits per heavy atom. The average molecular weight is 515 g/mol. The van der Waals surface area contributed by atoms with Crippen molar-refractivity contribution in [3.8, 4) is 5.75 Å². The number of amides is 3. The maximum atomic E-state index is 14.0. The van der Waals surface area contributed by atoms with Crippen LogP contribution in [0.25, 0.3) is 0 Å². The van der Waals surface area contributed by atoms with Gasteiger partial charge < -0.3 is 20.3 Å². The summed E-state index contributed by atoms with van der Waals surface area (Å²) in [6, 6.07) is 21.5. The van der Waals surface area contributed by atoms with Crippen LogP contribution in [0.3, 0.4) is 0 Å². The molecule has 3 aromatic rings. The number of fused-ring (bicyclic) bond motifs is 1. The molecule has 4 rings (SSSR count). The van der Waals surface area contributed by atoms with Crippen LogP contribution < -0.4 is 20.3 Å². The van der Waals surface area contributed by atoms with Gasteiger partial charge in [-0.25, -0.2) is 0 Å². The number of carbonyl (C=O) groups excluding carboxylic acids is 3. The van der Waals surface area contributed by atoms with Gasteiger partial charge in [-0.1, -0.05) is 48.0 Å². The second-order valence-electron chi connectivity index (χ2n) is 9.52. The van der Waals surface area contributed by atoms with Crippen molar-refractivity contribution < 1.29 is 19.1 Å². The number of aryl methyl sites for hydroxylation is 1. The first-order valence-electron chi connectivity index (χ1n) is 12.7. The van der Waals surface area contributed by atoms with Crippen molar-refractivity contribution in [2.24, 2.45) is 0 Å². The van der Waals surface area contributed by atoms with E-state index >= 15 is 0 Å². The molecule has 3 aromatic carbocycles. The van der Waals surface area contributed by atoms with Gasteiger partial charge in [-0.15, -0.1) is 0 Å². The van der Waals surface area contributed by atoms with Crippen LogP contribution >= 0.6 is 0 Å². The Morgan fingerprint density at radius 3 is 2.50 bits per heavy atom. The Labute approximate surface area is 223 Å². The molecule has 1 aliphatic rings. The van der Waals surface area contributed by atoms with Crippen LogP contribution in [0.1, 0.15) is 40.9 Å². The minimum atomic E-state index is -0.819. The van der Waals surface area contributed by atoms with Gasteiger partial charge in [0.15, 0.2) is 6.10 Å². The van der Waals surface area contributed by atoms with E-state index in [-0.39, 0.29) is 24.1 Å². The molecule has 2 unspecified atom stereocenters. The summed E-state index contributed by atoms with van der Waals surface area (Å²) in [5.41, 5.74) is 3.28. The van der Waals surface area contributed by atoms with E-state index in [2.05, 4.69) is 10.6 Å². The fourth-order valence-corrected chi connectivity index (χ4v) is 4.49. The largest absolute Gasteiger partial charge is 0.481 e. The molecule has 1 aliphatic heterocycles. The van der Waals surface area contributed by atoms with Gasteiger partial charge >= 0.3 is 0 Å². The van der Waals surface area contributed by atoms with Gasteiger partial charge in [0.1, 0.15) is 5.75 Å². The molecule has 0 radical (unpaired) electrons. The van der Waals surface area contributed by atoms with Crippen molar-refractivity contribution in [1.82, 2.24) is 10.2 Å². The van der Waals surface area contributed by atoms with Crippen molar-refractivity contribution in [3.05, 3.63) is 89.5 Å². The number of hydrogen-bond acceptors (Lipinski definition) is 5. The van der Waals surface area contributed by atoms with Crippen molar-refractivity contribution >= 4 is 29.1 Å². The Hall–Kier alpha value is -4.17. The fourth-order valence-electron chi connectivity index (χ4n) is 4.49. The quantitative estimate of drug-likeness (QED) is 0.471. The fraction of sp³-hybridized carbons (Fsp3) is 0.300. The van der Waals surface area contributed by atoms with Crippen molar-refractivity contribution in [2.45, 2.75) is 32.4 Å². The lowest BCUT2D eigenvalue weighted by Gasteiger charge is -2.33. The standard InChI is InChI=1S/C30H34N4O4/c1-20-10-12-22(13-11-20)27-19-28(35)32-25-18-23(30(37)33(4)17-16-31-3)14-15-26(25)34(27)29(36)21(2)38-24-8-6-5-7-9-24/h5-15,18,21,27,31H,16-17,19H2,1-4H3,(H,32,35). The zero-order valence-corrected chi connectivity index (χ0v) is 22.2. The van der Waals surface area contributed by atoms with Crippen LogP contribution in [-0.2, 0) is 9.59 Å². The predicted molar refractivity (Wildman–Crippen MR) is 149 cm³/mol. The first-order chi connectivity index (χ1) is 18.3. The van der Waals surface area contributed by atoms with E-state index in [1.165, 1.54) is 0 Å². The highest BCUT2D eigenvalue weighted by Crippen LogP contribution is 2.39. The molecule has 2 atom stereocenters. The number of carbonyl (C=O) groups is 3. The molecular formula is C30H34N4O4. The van der Waals surface area contributed by atoms with Gasteiger partial charge in [0.2, 0.25) is 5.91 Å². The molecule has 0 saturated carbocycles. The first kappa shape index (κ1) is 26.9. The number of anilines is 2. The van der Waals surface area contributed by atoms with Crippen LogP contribution in [0, 0.1) is 6.92 Å². The molecule has 0 spiro atoms. The van der Waals surface area contributed by atoms with Crippen LogP contribution in [0.15, 0.2) is 72.8 Å². The normalized spacial score (nSPS) is 15.6. The SMILES string of the molecule is CNCCN(C)C(=O)c1ccc2c(c1)NC(=O)CC(c1ccc(C)cc1)N2C(=O)C(C)Oc1ccccc1. The monoisotopic (exact) mass is 514 g/mol. The lowest BCUT2D eigenvalue weighted by molar-refractivity contribution is -0.125. The minimum absolute atomic E-state index is 0.0624. The van der Waals surface area contributed by atoms with E-state index in [0.717, 1.165) is 11.1 Å². The molecular weight excluding hydrogens is 480 g/mol. The second kappa shape index (κ2) is 11.9. The lowest BCUT2D eigenvalue weighted by atomic mass is 9.99. The minimum Gasteiger partial charge on any atom is -0.481 e. The molecule has 0 aliphatic carbocycles. The van der Waals surface area contributed by atoms with E-state index in [1.807, 2.05) is 56.4 Å². The van der Waals surface area contributed by atoms with Gasteiger partial charge in [0, 0.05) is 25.7 Å². The molecule has 198 valence electrons. The smallest absolute Gasteiger partial charge is 0.268 e. The van der Waals surface area contributed by atoms with E-state index in [1.54, 1.807) is 54.1 Å². The highest BCUT2D eigenvalue weighted by Gasteiger charge is 2.36. The number of nitrogens with one attached hydrogen (secondary N) is 2. The summed E-state index contributed by atoms with van der Waals surface area (Å²) in [5, 5.41) is 5.96. The van der Waals surface area contributed by atoms with Crippen molar-refractivity contribution in [1.29, 1.82) is 0 Å². The van der Waals surface area contributed by atoms with Crippen LogP contribution in [-0.4, -0.2) is 55.9 Å². The van der Waals surface area contributed by atoms with E-state index < -0.39 is 12.1 Å². The zero-order chi connectivity index (χ0) is 27.2. The number of benzene rings is 3. The molecule has 38 heavy (non-hydrogen) atoms. The number of para-hydroxylation sites is 1. The third-order valence-electron chi connectivity index (χ3n) is 6.61. The molecule has 8 heteroatoms. The number of nitrogens with zero attached hydrogens (tertiary/aromatic N) is 2. The van der Waals surface area contributed by atoms with Gasteiger partial charge in [-0.3, -0.25) is 19.3 Å². The highest BCUT2D eigenvalue weighted by molar-refractivity contribution is 6.07. The summed E-state index contributed by atoms with van der Waals surface area (Å²) in [5.74, 6) is -0.121. The molecule has 0 fully saturated rings. The Morgan fingerprint density at radius 2 is 1.82 bits per heavy atom. The summed E-state index contributed by atoms with van der Waals surface area (Å²) in [4.78, 5) is 43.4. The number of likely N-dealkylation sites (N-methyl/N-ethyl adjacent to an activating group) is 2. The third kappa shape index (κ3) is 6.03. The summed E-state index contributed by atoms with van der Waals surface area (Å²) < 4.78 is 5.98. The first-order valence-corrected chi connectivity index (χ1v) is 12.7.